The van der Waals surface area contributed by atoms with Crippen LogP contribution in [0.4, 0.5) is 11.6 Å². The van der Waals surface area contributed by atoms with Crippen LogP contribution in [0, 0.1) is 10.1 Å². The summed E-state index contributed by atoms with van der Waals surface area (Å²) in [5, 5.41) is 17.0. The minimum absolute atomic E-state index is 0.0997. The van der Waals surface area contributed by atoms with Crippen molar-refractivity contribution in [1.29, 1.82) is 0 Å². The van der Waals surface area contributed by atoms with Gasteiger partial charge in [0, 0.05) is 31.4 Å². The van der Waals surface area contributed by atoms with E-state index < -0.39 is 10.9 Å². The van der Waals surface area contributed by atoms with Crippen molar-refractivity contribution >= 4 is 17.5 Å². The summed E-state index contributed by atoms with van der Waals surface area (Å²) in [5.74, 6) is 0.955. The Kier molecular flexibility index (Phi) is 7.20. The average molecular weight is 507 g/mol. The number of H-pyrrole nitrogens is 1. The van der Waals surface area contributed by atoms with Crippen LogP contribution in [-0.2, 0) is 17.6 Å². The number of nitrogens with one attached hydrogen (secondary N) is 1. The van der Waals surface area contributed by atoms with Crippen LogP contribution >= 0.6 is 0 Å². The molecule has 194 valence electrons. The number of aromatic nitrogens is 3. The number of methoxy groups -OCH3 is 1. The van der Waals surface area contributed by atoms with Gasteiger partial charge in [0.2, 0.25) is 5.91 Å². The molecule has 2 aliphatic rings. The third kappa shape index (κ3) is 5.65. The number of amides is 1. The van der Waals surface area contributed by atoms with Crippen molar-refractivity contribution < 1.29 is 19.2 Å². The Balaban J connectivity index is 1.35. The molecular formula is C26H30N6O5. The Morgan fingerprint density at radius 2 is 1.97 bits per heavy atom. The molecule has 5 rings (SSSR count). The first-order chi connectivity index (χ1) is 18.0. The van der Waals surface area contributed by atoms with Crippen LogP contribution in [0.15, 0.2) is 48.5 Å². The van der Waals surface area contributed by atoms with Crippen molar-refractivity contribution in [2.45, 2.75) is 44.2 Å². The molecule has 1 atom stereocenters. The monoisotopic (exact) mass is 506 g/mol. The molecule has 2 fully saturated rings. The van der Waals surface area contributed by atoms with E-state index in [4.69, 9.17) is 9.47 Å². The molecule has 0 spiro atoms. The molecule has 0 radical (unpaired) electrons. The van der Waals surface area contributed by atoms with Crippen LogP contribution in [0.25, 0.3) is 0 Å². The van der Waals surface area contributed by atoms with E-state index in [0.29, 0.717) is 31.8 Å². The Labute approximate surface area is 214 Å². The molecule has 2 heterocycles. The number of nitro groups is 1. The van der Waals surface area contributed by atoms with Crippen LogP contribution < -0.4 is 14.4 Å². The Morgan fingerprint density at radius 1 is 1.16 bits per heavy atom. The Morgan fingerprint density at radius 3 is 2.65 bits per heavy atom. The maximum absolute atomic E-state index is 13.3. The zero-order valence-corrected chi connectivity index (χ0v) is 20.7. The number of ether oxygens (including phenoxy) is 2. The number of aromatic amines is 1. The predicted octanol–water partition coefficient (Wildman–Crippen LogP) is 3.16. The lowest BCUT2D eigenvalue weighted by atomic mass is 9.96. The zero-order valence-electron chi connectivity index (χ0n) is 20.7. The lowest BCUT2D eigenvalue weighted by molar-refractivity contribution is -0.394. The molecule has 1 aliphatic heterocycles. The molecule has 1 saturated carbocycles. The summed E-state index contributed by atoms with van der Waals surface area (Å²) >= 11 is 0. The molecule has 0 bridgehead atoms. The van der Waals surface area contributed by atoms with Crippen molar-refractivity contribution in [3.8, 4) is 11.5 Å². The highest BCUT2D eigenvalue weighted by Gasteiger charge is 2.32. The van der Waals surface area contributed by atoms with E-state index in [2.05, 4.69) is 32.2 Å². The molecule has 1 aliphatic carbocycles. The van der Waals surface area contributed by atoms with E-state index in [1.54, 1.807) is 7.11 Å². The van der Waals surface area contributed by atoms with Crippen molar-refractivity contribution in [2.24, 2.45) is 0 Å². The van der Waals surface area contributed by atoms with Crippen LogP contribution in [0.3, 0.4) is 0 Å². The third-order valence-corrected chi connectivity index (χ3v) is 6.98. The van der Waals surface area contributed by atoms with Crippen LogP contribution in [0.1, 0.15) is 30.7 Å². The summed E-state index contributed by atoms with van der Waals surface area (Å²) in [7, 11) is 1.64. The van der Waals surface area contributed by atoms with Crippen molar-refractivity contribution in [3.05, 3.63) is 70.0 Å². The second kappa shape index (κ2) is 10.9. The highest BCUT2D eigenvalue weighted by molar-refractivity contribution is 5.79. The number of hydrogen-bond donors (Lipinski definition) is 1. The van der Waals surface area contributed by atoms with Gasteiger partial charge in [0.15, 0.2) is 11.5 Å². The van der Waals surface area contributed by atoms with Crippen molar-refractivity contribution in [3.63, 3.8) is 0 Å². The number of benzene rings is 2. The number of carbonyl (C=O) groups excluding carboxylic acids is 1. The number of hydrogen-bond acceptors (Lipinski definition) is 8. The fourth-order valence-electron chi connectivity index (χ4n) is 4.79. The average Bonchev–Trinajstić information content (AvgIpc) is 3.35. The maximum atomic E-state index is 13.3. The number of nitrogens with zero attached hydrogens (tertiary/aromatic N) is 5. The van der Waals surface area contributed by atoms with E-state index in [1.807, 2.05) is 41.3 Å². The van der Waals surface area contributed by atoms with Gasteiger partial charge in [0.05, 0.1) is 19.3 Å². The lowest BCUT2D eigenvalue weighted by Gasteiger charge is -2.42. The van der Waals surface area contributed by atoms with Crippen LogP contribution in [-0.4, -0.2) is 69.8 Å². The van der Waals surface area contributed by atoms with Gasteiger partial charge in [-0.15, -0.1) is 5.10 Å². The van der Waals surface area contributed by atoms with Gasteiger partial charge in [-0.25, -0.2) is 0 Å². The molecule has 1 amide bonds. The fraction of sp³-hybridized carbons (Fsp3) is 0.423. The summed E-state index contributed by atoms with van der Waals surface area (Å²) in [6.07, 6.45) is 4.11. The van der Waals surface area contributed by atoms with E-state index in [1.165, 1.54) is 6.42 Å². The molecule has 3 aromatic rings. The summed E-state index contributed by atoms with van der Waals surface area (Å²) in [4.78, 5) is 31.5. The van der Waals surface area contributed by atoms with E-state index in [0.717, 1.165) is 29.8 Å². The highest BCUT2D eigenvalue weighted by Crippen LogP contribution is 2.36. The number of piperazine rings is 1. The standard InChI is InChI=1S/C26H30N6O5/c1-36-22-11-10-19(15-23(22)37-21-8-5-9-21)30-12-13-31(20(17-30)14-18-6-3-2-4-7-18)25(33)16-24-27-26(29-28-24)32(34)35/h2-4,6-7,10-11,15,20-21H,5,8-9,12-14,16-17H2,1H3,(H,27,28,29). The summed E-state index contributed by atoms with van der Waals surface area (Å²) in [5.41, 5.74) is 2.15. The van der Waals surface area contributed by atoms with Crippen LogP contribution in [0.5, 0.6) is 11.5 Å². The van der Waals surface area contributed by atoms with Gasteiger partial charge in [-0.2, -0.15) is 0 Å². The van der Waals surface area contributed by atoms with E-state index in [9.17, 15) is 14.9 Å². The summed E-state index contributed by atoms with van der Waals surface area (Å²) in [6, 6.07) is 15.9. The molecule has 11 nitrogen and oxygen atoms in total. The first-order valence-corrected chi connectivity index (χ1v) is 12.5. The zero-order chi connectivity index (χ0) is 25.8. The van der Waals surface area contributed by atoms with Crippen LogP contribution in [0.2, 0.25) is 0 Å². The Bertz CT molecular complexity index is 1250. The number of anilines is 1. The topological polar surface area (TPSA) is 127 Å². The number of carbonyl (C=O) groups is 1. The van der Waals surface area contributed by atoms with Gasteiger partial charge in [-0.05, 0) is 53.3 Å². The summed E-state index contributed by atoms with van der Waals surface area (Å²) in [6.45, 7) is 1.78. The van der Waals surface area contributed by atoms with Gasteiger partial charge < -0.3 is 29.4 Å². The van der Waals surface area contributed by atoms with Gasteiger partial charge in [0.25, 0.3) is 5.82 Å². The molecule has 11 heteroatoms. The molecule has 2 aromatic carbocycles. The molecule has 1 N–H and O–H groups in total. The minimum Gasteiger partial charge on any atom is -0.493 e. The predicted molar refractivity (Wildman–Crippen MR) is 136 cm³/mol. The highest BCUT2D eigenvalue weighted by atomic mass is 16.6. The fourth-order valence-corrected chi connectivity index (χ4v) is 4.79. The van der Waals surface area contributed by atoms with E-state index in [-0.39, 0.29) is 30.3 Å². The quantitative estimate of drug-likeness (QED) is 0.346. The largest absolute Gasteiger partial charge is 0.493 e. The van der Waals surface area contributed by atoms with Gasteiger partial charge in [-0.3, -0.25) is 4.79 Å². The number of rotatable bonds is 9. The smallest absolute Gasteiger partial charge is 0.453 e. The van der Waals surface area contributed by atoms with Gasteiger partial charge in [0.1, 0.15) is 6.42 Å². The van der Waals surface area contributed by atoms with Gasteiger partial charge >= 0.3 is 5.95 Å². The van der Waals surface area contributed by atoms with E-state index >= 15 is 0 Å². The second-order valence-corrected chi connectivity index (χ2v) is 9.39. The van der Waals surface area contributed by atoms with Crippen molar-refractivity contribution in [1.82, 2.24) is 20.1 Å². The first-order valence-electron chi connectivity index (χ1n) is 12.5. The lowest BCUT2D eigenvalue weighted by Crippen LogP contribution is -2.56. The van der Waals surface area contributed by atoms with Crippen molar-refractivity contribution in [2.75, 3.05) is 31.6 Å². The van der Waals surface area contributed by atoms with Gasteiger partial charge in [-0.1, -0.05) is 35.4 Å². The molecule has 1 saturated heterocycles. The third-order valence-electron chi connectivity index (χ3n) is 6.98. The summed E-state index contributed by atoms with van der Waals surface area (Å²) < 4.78 is 11.7. The molecule has 1 aromatic heterocycles. The maximum Gasteiger partial charge on any atom is 0.453 e. The normalized spacial score (nSPS) is 17.8. The molecule has 37 heavy (non-hydrogen) atoms. The molecule has 1 unspecified atom stereocenters. The second-order valence-electron chi connectivity index (χ2n) is 9.39. The Hall–Kier alpha value is -4.15. The SMILES string of the molecule is COc1ccc(N2CCN(C(=O)Cc3n[nH]c([N+](=O)[O-])n3)C(Cc3ccccc3)C2)cc1OC1CCC1. The minimum atomic E-state index is -0.657. The first kappa shape index (κ1) is 24.5. The molecular weight excluding hydrogens is 476 g/mol.